The van der Waals surface area contributed by atoms with Crippen LogP contribution in [0.3, 0.4) is 0 Å². The van der Waals surface area contributed by atoms with E-state index in [0.29, 0.717) is 11.8 Å². The smallest absolute Gasteiger partial charge is 0.113 e. The van der Waals surface area contributed by atoms with Gasteiger partial charge in [0, 0.05) is 0 Å². The molecule has 6 heavy (non-hydrogen) atoms. The molecule has 0 heterocycles. The summed E-state index contributed by atoms with van der Waals surface area (Å²) in [5, 5.41) is 0. The zero-order chi connectivity index (χ0) is 4.83. The van der Waals surface area contributed by atoms with Gasteiger partial charge < -0.3 is 0 Å². The maximum atomic E-state index is 5.16. The van der Waals surface area contributed by atoms with Gasteiger partial charge in [-0.15, -0.1) is 11.6 Å². The lowest BCUT2D eigenvalue weighted by Gasteiger charge is -1.57. The van der Waals surface area contributed by atoms with Gasteiger partial charge in [0.15, 0.2) is 0 Å². The average Bonchev–Trinajstić information content (AvgIpc) is 1.61. The van der Waals surface area contributed by atoms with Crippen LogP contribution in [0, 0.1) is 23.4 Å². The van der Waals surface area contributed by atoms with Gasteiger partial charge in [-0.05, 0) is 5.92 Å². The molecule has 0 N–H and O–H groups in total. The van der Waals surface area contributed by atoms with Crippen molar-refractivity contribution in [3.8, 4) is 11.8 Å². The molecule has 2 heteroatoms. The van der Waals surface area contributed by atoms with Crippen molar-refractivity contribution >= 4 is 11.6 Å². The summed E-state index contributed by atoms with van der Waals surface area (Å²) in [5.41, 5.74) is 0. The summed E-state index contributed by atoms with van der Waals surface area (Å²) in [6.07, 6.45) is 0. The molecule has 0 bridgehead atoms. The van der Waals surface area contributed by atoms with Crippen LogP contribution in [0.2, 0.25) is 0 Å². The maximum absolute atomic E-state index is 5.16. The van der Waals surface area contributed by atoms with Gasteiger partial charge in [0.1, 0.15) is 11.6 Å². The molecule has 0 spiro atoms. The molecule has 0 aromatic rings. The lowest BCUT2D eigenvalue weighted by atomic mass is 10.7. The number of hydrogen-bond acceptors (Lipinski definition) is 0. The Hall–Kier alpha value is 0.140. The third-order valence-electron chi connectivity index (χ3n) is 0.264. The van der Waals surface area contributed by atoms with Gasteiger partial charge in [0.2, 0.25) is 5.88 Å². The van der Waals surface area contributed by atoms with Crippen molar-refractivity contribution in [1.82, 2.24) is 0 Å². The Morgan fingerprint density at radius 1 is 1.50 bits per heavy atom. The highest BCUT2D eigenvalue weighted by atomic mass is 35.5. The van der Waals surface area contributed by atoms with E-state index in [0.717, 1.165) is 0 Å². The first-order valence-corrected chi connectivity index (χ1v) is 2.62. The van der Waals surface area contributed by atoms with E-state index < -0.39 is 0 Å². The van der Waals surface area contributed by atoms with Crippen molar-refractivity contribution in [3.63, 3.8) is 0 Å². The molecule has 0 rings (SSSR count). The van der Waals surface area contributed by atoms with Crippen LogP contribution >= 0.6 is 11.6 Å². The van der Waals surface area contributed by atoms with Gasteiger partial charge in [-0.2, -0.15) is 0 Å². The van der Waals surface area contributed by atoms with Gasteiger partial charge in [0.25, 0.3) is 0 Å². The standard InChI is InChI=1S/C4H5Cl2/c5-3-1-2-4-6/h5H,3-4H2/q+1. The Bertz CT molecular complexity index is 59.4. The normalized spacial score (nSPS) is 6.33. The van der Waals surface area contributed by atoms with Crippen LogP contribution in [0.4, 0.5) is 0 Å². The minimum Gasteiger partial charge on any atom is -0.113 e. The minimum atomic E-state index is 0.399. The Balaban J connectivity index is 2.90. The fourth-order valence-corrected chi connectivity index (χ4v) is 0.295. The number of alkyl halides is 2. The summed E-state index contributed by atoms with van der Waals surface area (Å²) in [7, 11) is 0. The first-order chi connectivity index (χ1) is 2.91. The van der Waals surface area contributed by atoms with Crippen molar-refractivity contribution < 1.29 is 11.6 Å². The number of halogens is 2. The Morgan fingerprint density at radius 2 is 2.17 bits per heavy atom. The summed E-state index contributed by atoms with van der Waals surface area (Å²) >= 11 is 9.65. The van der Waals surface area contributed by atoms with Gasteiger partial charge >= 0.3 is 0 Å². The van der Waals surface area contributed by atoms with Crippen molar-refractivity contribution in [2.24, 2.45) is 0 Å². The molecule has 34 valence electrons. The highest BCUT2D eigenvalue weighted by Gasteiger charge is 1.67. The van der Waals surface area contributed by atoms with Crippen molar-refractivity contribution in [1.29, 1.82) is 0 Å². The summed E-state index contributed by atoms with van der Waals surface area (Å²) < 4.78 is 0. The van der Waals surface area contributed by atoms with Gasteiger partial charge in [-0.1, -0.05) is 5.92 Å². The summed E-state index contributed by atoms with van der Waals surface area (Å²) in [4.78, 5) is 0. The van der Waals surface area contributed by atoms with Gasteiger partial charge in [-0.3, -0.25) is 0 Å². The largest absolute Gasteiger partial charge is 0.229 e. The van der Waals surface area contributed by atoms with Gasteiger partial charge in [0.05, 0.1) is 5.88 Å². The lowest BCUT2D eigenvalue weighted by Crippen LogP contribution is -1.66. The van der Waals surface area contributed by atoms with E-state index in [1.54, 1.807) is 0 Å². The fourth-order valence-electron chi connectivity index (χ4n) is 0.0983. The average molecular weight is 124 g/mol. The molecule has 0 saturated heterocycles. The molecule has 0 aromatic carbocycles. The van der Waals surface area contributed by atoms with Gasteiger partial charge in [-0.25, -0.2) is 0 Å². The van der Waals surface area contributed by atoms with Crippen LogP contribution in [0.1, 0.15) is 0 Å². The molecule has 0 radical (unpaired) electrons. The van der Waals surface area contributed by atoms with E-state index in [-0.39, 0.29) is 0 Å². The fraction of sp³-hybridized carbons (Fsp3) is 0.500. The van der Waals surface area contributed by atoms with E-state index >= 15 is 0 Å². The molecule has 0 unspecified atom stereocenters. The first kappa shape index (κ1) is 6.14. The van der Waals surface area contributed by atoms with Crippen molar-refractivity contribution in [2.75, 3.05) is 11.8 Å². The molecule has 0 saturated carbocycles. The second-order valence-electron chi connectivity index (χ2n) is 0.632. The third-order valence-corrected chi connectivity index (χ3v) is 0.542. The van der Waals surface area contributed by atoms with E-state index in [1.807, 2.05) is 0 Å². The van der Waals surface area contributed by atoms with E-state index in [4.69, 9.17) is 11.6 Å². The van der Waals surface area contributed by atoms with Crippen molar-refractivity contribution in [2.45, 2.75) is 0 Å². The van der Waals surface area contributed by atoms with E-state index in [1.165, 1.54) is 0 Å². The Morgan fingerprint density at radius 3 is 2.33 bits per heavy atom. The zero-order valence-electron chi connectivity index (χ0n) is 3.20. The van der Waals surface area contributed by atoms with Crippen LogP contribution in [-0.2, 0) is 0 Å². The van der Waals surface area contributed by atoms with Crippen LogP contribution in [-0.4, -0.2) is 11.8 Å². The van der Waals surface area contributed by atoms with E-state index in [2.05, 4.69) is 23.4 Å². The zero-order valence-corrected chi connectivity index (χ0v) is 4.77. The van der Waals surface area contributed by atoms with Crippen molar-refractivity contribution in [3.05, 3.63) is 0 Å². The minimum absolute atomic E-state index is 0.399. The molecule has 0 fully saturated rings. The molecule has 0 aromatic heterocycles. The molecule has 0 aliphatic heterocycles. The first-order valence-electron chi connectivity index (χ1n) is 1.51. The molecular formula is C4H5Cl2+. The third kappa shape index (κ3) is 4.14. The molecule has 0 nitrogen and oxygen atoms in total. The SMILES string of the molecule is ClCC#CC[ClH+]. The summed E-state index contributed by atoms with van der Waals surface area (Å²) in [6.45, 7) is 0. The highest BCUT2D eigenvalue weighted by Crippen LogP contribution is 1.65. The topological polar surface area (TPSA) is 0 Å². The second-order valence-corrected chi connectivity index (χ2v) is 1.19. The van der Waals surface area contributed by atoms with E-state index in [9.17, 15) is 0 Å². The highest BCUT2D eigenvalue weighted by molar-refractivity contribution is 6.19. The predicted octanol–water partition coefficient (Wildman–Crippen LogP) is 0.510. The lowest BCUT2D eigenvalue weighted by molar-refractivity contribution is -0.349. The van der Waals surface area contributed by atoms with Crippen LogP contribution in [0.15, 0.2) is 0 Å². The summed E-state index contributed by atoms with van der Waals surface area (Å²) in [5.74, 6) is 6.13. The quantitative estimate of drug-likeness (QED) is 0.326. The molecule has 0 atom stereocenters. The second kappa shape index (κ2) is 5.14. The molecular weight excluding hydrogens is 119 g/mol. The Kier molecular flexibility index (Phi) is 5.26. The number of rotatable bonds is 0. The molecule has 0 amide bonds. The molecule has 0 aliphatic rings. The predicted molar refractivity (Wildman–Crippen MR) is 24.8 cm³/mol. The van der Waals surface area contributed by atoms with Crippen LogP contribution in [0.5, 0.6) is 0 Å². The number of hydrogen-bond donors (Lipinski definition) is 0. The van der Waals surface area contributed by atoms with Crippen LogP contribution in [0.25, 0.3) is 0 Å². The Labute approximate surface area is 47.4 Å². The molecule has 0 aliphatic carbocycles. The maximum Gasteiger partial charge on any atom is 0.229 e. The summed E-state index contributed by atoms with van der Waals surface area (Å²) in [6, 6.07) is 0. The monoisotopic (exact) mass is 123 g/mol. The van der Waals surface area contributed by atoms with Crippen LogP contribution < -0.4 is 0 Å².